The van der Waals surface area contributed by atoms with Gasteiger partial charge in [0, 0.05) is 38.0 Å². The molecule has 7 nitrogen and oxygen atoms in total. The van der Waals surface area contributed by atoms with E-state index < -0.39 is 5.82 Å². The van der Waals surface area contributed by atoms with E-state index in [1.807, 2.05) is 23.1 Å². The van der Waals surface area contributed by atoms with E-state index in [0.717, 1.165) is 18.2 Å². The second-order valence-electron chi connectivity index (χ2n) is 7.09. The van der Waals surface area contributed by atoms with Crippen molar-refractivity contribution in [2.75, 3.05) is 24.6 Å². The molecule has 30 heavy (non-hydrogen) atoms. The van der Waals surface area contributed by atoms with Crippen LogP contribution in [0.5, 0.6) is 0 Å². The smallest absolute Gasteiger partial charge is 0.255 e. The van der Waals surface area contributed by atoms with Crippen LogP contribution in [0.1, 0.15) is 23.7 Å². The molecule has 0 saturated carbocycles. The molecule has 152 valence electrons. The summed E-state index contributed by atoms with van der Waals surface area (Å²) in [5, 5.41) is 9.19. The summed E-state index contributed by atoms with van der Waals surface area (Å²) in [5.41, 5.74) is 1.67. The number of hydrogen-bond acceptors (Lipinski definition) is 6. The van der Waals surface area contributed by atoms with E-state index in [1.54, 1.807) is 13.1 Å². The zero-order valence-corrected chi connectivity index (χ0v) is 16.5. The van der Waals surface area contributed by atoms with Crippen molar-refractivity contribution in [1.82, 2.24) is 14.5 Å². The van der Waals surface area contributed by atoms with Gasteiger partial charge < -0.3 is 9.64 Å². The molecule has 0 N–H and O–H groups in total. The average Bonchev–Trinajstić information content (AvgIpc) is 3.02. The molecule has 2 aromatic heterocycles. The fourth-order valence-electron chi connectivity index (χ4n) is 3.55. The van der Waals surface area contributed by atoms with Crippen molar-refractivity contribution in [1.29, 1.82) is 5.26 Å². The highest BCUT2D eigenvalue weighted by Gasteiger charge is 2.24. The average molecular weight is 405 g/mol. The molecule has 4 rings (SSSR count). The van der Waals surface area contributed by atoms with Gasteiger partial charge in [0.05, 0.1) is 30.1 Å². The van der Waals surface area contributed by atoms with Crippen molar-refractivity contribution in [2.24, 2.45) is 7.05 Å². The predicted octanol–water partition coefficient (Wildman–Crippen LogP) is 2.82. The first kappa shape index (κ1) is 19.7. The first-order valence-corrected chi connectivity index (χ1v) is 9.61. The minimum absolute atomic E-state index is 0.230. The van der Waals surface area contributed by atoms with Crippen molar-refractivity contribution in [3.8, 4) is 17.3 Å². The third-order valence-corrected chi connectivity index (χ3v) is 5.11. The maximum absolute atomic E-state index is 14.2. The van der Waals surface area contributed by atoms with Gasteiger partial charge in [-0.05, 0) is 30.2 Å². The van der Waals surface area contributed by atoms with Crippen LogP contribution in [0.25, 0.3) is 11.3 Å². The Labute approximate surface area is 173 Å². The summed E-state index contributed by atoms with van der Waals surface area (Å²) in [6, 6.07) is 12.3. The van der Waals surface area contributed by atoms with Crippen LogP contribution in [0.4, 0.5) is 10.3 Å². The number of nitrogens with zero attached hydrogens (tertiary/aromatic N) is 5. The van der Waals surface area contributed by atoms with E-state index in [0.29, 0.717) is 31.2 Å². The van der Waals surface area contributed by atoms with Crippen LogP contribution in [0.15, 0.2) is 53.6 Å². The molecule has 3 aromatic rings. The van der Waals surface area contributed by atoms with Crippen molar-refractivity contribution in [2.45, 2.75) is 12.5 Å². The second kappa shape index (κ2) is 8.43. The van der Waals surface area contributed by atoms with Crippen molar-refractivity contribution >= 4 is 5.95 Å². The lowest BCUT2D eigenvalue weighted by Gasteiger charge is -2.27. The lowest BCUT2D eigenvalue weighted by molar-refractivity contribution is 0.0685. The Morgan fingerprint density at radius 1 is 1.30 bits per heavy atom. The summed E-state index contributed by atoms with van der Waals surface area (Å²) < 4.78 is 21.7. The van der Waals surface area contributed by atoms with E-state index in [4.69, 9.17) is 4.74 Å². The molecule has 1 saturated heterocycles. The van der Waals surface area contributed by atoms with E-state index in [1.165, 1.54) is 22.9 Å². The molecule has 1 aliphatic heterocycles. The molecule has 8 heteroatoms. The van der Waals surface area contributed by atoms with Gasteiger partial charge in [0.1, 0.15) is 6.10 Å². The minimum atomic E-state index is -0.533. The normalized spacial score (nSPS) is 16.7. The monoisotopic (exact) mass is 405 g/mol. The summed E-state index contributed by atoms with van der Waals surface area (Å²) in [7, 11) is 1.65. The Hall–Kier alpha value is -3.57. The van der Waals surface area contributed by atoms with Gasteiger partial charge in [-0.25, -0.2) is 9.37 Å². The number of halogens is 1. The largest absolute Gasteiger partial charge is 0.372 e. The van der Waals surface area contributed by atoms with Crippen molar-refractivity contribution in [3.05, 3.63) is 76.1 Å². The number of nitriles is 1. The molecule has 0 radical (unpaired) electrons. The van der Waals surface area contributed by atoms with Gasteiger partial charge in [-0.3, -0.25) is 14.3 Å². The summed E-state index contributed by atoms with van der Waals surface area (Å²) in [4.78, 5) is 22.9. The molecule has 0 amide bonds. The molecule has 0 bridgehead atoms. The molecular weight excluding hydrogens is 385 g/mol. The zero-order valence-electron chi connectivity index (χ0n) is 16.5. The number of aromatic nitrogens is 3. The lowest BCUT2D eigenvalue weighted by atomic mass is 10.1. The van der Waals surface area contributed by atoms with Crippen LogP contribution in [-0.2, 0) is 11.8 Å². The molecule has 1 aliphatic rings. The maximum Gasteiger partial charge on any atom is 0.255 e. The quantitative estimate of drug-likeness (QED) is 0.666. The van der Waals surface area contributed by atoms with Crippen molar-refractivity contribution < 1.29 is 9.13 Å². The van der Waals surface area contributed by atoms with Gasteiger partial charge in [-0.15, -0.1) is 0 Å². The molecular formula is C22H20FN5O2. The highest BCUT2D eigenvalue weighted by atomic mass is 19.1. The van der Waals surface area contributed by atoms with E-state index >= 15 is 0 Å². The van der Waals surface area contributed by atoms with Crippen LogP contribution < -0.4 is 10.5 Å². The van der Waals surface area contributed by atoms with Crippen LogP contribution >= 0.6 is 0 Å². The van der Waals surface area contributed by atoms with Crippen LogP contribution in [0.2, 0.25) is 0 Å². The highest BCUT2D eigenvalue weighted by molar-refractivity contribution is 5.60. The summed E-state index contributed by atoms with van der Waals surface area (Å²) in [6.45, 7) is 1.64. The molecule has 1 fully saturated rings. The van der Waals surface area contributed by atoms with Crippen LogP contribution in [-0.4, -0.2) is 34.2 Å². The summed E-state index contributed by atoms with van der Waals surface area (Å²) in [6.07, 6.45) is 3.04. The molecule has 0 spiro atoms. The third kappa shape index (κ3) is 3.93. The van der Waals surface area contributed by atoms with Gasteiger partial charge >= 0.3 is 0 Å². The zero-order chi connectivity index (χ0) is 21.1. The number of benzene rings is 1. The summed E-state index contributed by atoms with van der Waals surface area (Å²) >= 11 is 0. The fourth-order valence-corrected chi connectivity index (χ4v) is 3.55. The Kier molecular flexibility index (Phi) is 5.55. The third-order valence-electron chi connectivity index (χ3n) is 5.11. The van der Waals surface area contributed by atoms with E-state index in [9.17, 15) is 14.4 Å². The summed E-state index contributed by atoms with van der Waals surface area (Å²) in [5.74, 6) is -0.0877. The minimum Gasteiger partial charge on any atom is -0.372 e. The van der Waals surface area contributed by atoms with Gasteiger partial charge in [-0.2, -0.15) is 5.26 Å². The maximum atomic E-state index is 14.2. The van der Waals surface area contributed by atoms with Gasteiger partial charge in [-0.1, -0.05) is 12.1 Å². The second-order valence-corrected chi connectivity index (χ2v) is 7.09. The molecule has 3 heterocycles. The van der Waals surface area contributed by atoms with Gasteiger partial charge in [0.15, 0.2) is 5.82 Å². The number of ether oxygens (including phenoxy) is 1. The number of pyridine rings is 1. The Morgan fingerprint density at radius 3 is 2.97 bits per heavy atom. The number of rotatable bonds is 3. The number of hydrogen-bond donors (Lipinski definition) is 0. The van der Waals surface area contributed by atoms with Gasteiger partial charge in [0.2, 0.25) is 5.95 Å². The van der Waals surface area contributed by atoms with Crippen LogP contribution in [0, 0.1) is 17.1 Å². The molecule has 0 aliphatic carbocycles. The fraction of sp³-hybridized carbons (Fsp3) is 0.273. The van der Waals surface area contributed by atoms with Crippen molar-refractivity contribution in [3.63, 3.8) is 0 Å². The Bertz CT molecular complexity index is 1170. The van der Waals surface area contributed by atoms with Crippen LogP contribution in [0.3, 0.4) is 0 Å². The topological polar surface area (TPSA) is 84.0 Å². The van der Waals surface area contributed by atoms with E-state index in [-0.39, 0.29) is 22.9 Å². The standard InChI is InChI=1S/C22H20FN5O2/c1-27-21(29)11-19(17-6-7-25-13-18(17)23)26-22(27)28-8-3-9-30-20(14-28)16-5-2-4-15(10-16)12-24/h2,4-7,10-11,13,20H,3,8-9,14H2,1H3. The first-order valence-electron chi connectivity index (χ1n) is 9.61. The van der Waals surface area contributed by atoms with Gasteiger partial charge in [0.25, 0.3) is 5.56 Å². The Morgan fingerprint density at radius 2 is 2.17 bits per heavy atom. The molecule has 1 unspecified atom stereocenters. The highest BCUT2D eigenvalue weighted by Crippen LogP contribution is 2.26. The first-order chi connectivity index (χ1) is 14.6. The molecule has 1 atom stereocenters. The SMILES string of the molecule is Cn1c(N2CCCOC(c3cccc(C#N)c3)C2)nc(-c2ccncc2F)cc1=O. The number of anilines is 1. The lowest BCUT2D eigenvalue weighted by Crippen LogP contribution is -2.34. The van der Waals surface area contributed by atoms with E-state index in [2.05, 4.69) is 16.0 Å². The Balaban J connectivity index is 1.72. The molecule has 1 aromatic carbocycles. The predicted molar refractivity (Wildman–Crippen MR) is 109 cm³/mol.